The molecule has 3 rings (SSSR count). The molecule has 5 heteroatoms. The summed E-state index contributed by atoms with van der Waals surface area (Å²) in [4.78, 5) is 19.3. The van der Waals surface area contributed by atoms with Gasteiger partial charge in [0.15, 0.2) is 0 Å². The second-order valence-electron chi connectivity index (χ2n) is 6.33. The van der Waals surface area contributed by atoms with Crippen molar-refractivity contribution < 1.29 is 9.53 Å². The zero-order valence-electron chi connectivity index (χ0n) is 14.9. The summed E-state index contributed by atoms with van der Waals surface area (Å²) < 4.78 is 5.46. The number of carbonyl (C=O) groups is 1. The molecular weight excluding hydrogens is 314 g/mol. The highest BCUT2D eigenvalue weighted by molar-refractivity contribution is 5.99. The number of rotatable bonds is 5. The van der Waals surface area contributed by atoms with Crippen molar-refractivity contribution in [3.8, 4) is 5.75 Å². The Morgan fingerprint density at radius 2 is 2.08 bits per heavy atom. The highest BCUT2D eigenvalue weighted by Crippen LogP contribution is 2.25. The predicted octanol–water partition coefficient (Wildman–Crippen LogP) is 4.24. The van der Waals surface area contributed by atoms with Gasteiger partial charge in [0, 0.05) is 24.5 Å². The molecule has 1 saturated heterocycles. The molecule has 2 heterocycles. The van der Waals surface area contributed by atoms with Crippen LogP contribution in [0.1, 0.15) is 43.5 Å². The zero-order valence-corrected chi connectivity index (χ0v) is 14.9. The van der Waals surface area contributed by atoms with Crippen molar-refractivity contribution in [1.29, 1.82) is 0 Å². The van der Waals surface area contributed by atoms with E-state index in [1.165, 1.54) is 6.42 Å². The van der Waals surface area contributed by atoms with Crippen LogP contribution in [0.4, 0.5) is 11.5 Å². The Morgan fingerprint density at radius 3 is 2.80 bits per heavy atom. The Labute approximate surface area is 149 Å². The minimum absolute atomic E-state index is 0.0498. The number of carbonyl (C=O) groups excluding carboxylic acids is 1. The van der Waals surface area contributed by atoms with Crippen molar-refractivity contribution in [2.75, 3.05) is 18.5 Å². The van der Waals surface area contributed by atoms with E-state index in [9.17, 15) is 4.79 Å². The highest BCUT2D eigenvalue weighted by atomic mass is 16.5. The van der Waals surface area contributed by atoms with E-state index in [-0.39, 0.29) is 11.9 Å². The Bertz CT molecular complexity index is 715. The number of nitrogens with zero attached hydrogens (tertiary/aromatic N) is 2. The molecule has 0 radical (unpaired) electrons. The molecule has 0 aliphatic carbocycles. The first-order valence-corrected chi connectivity index (χ1v) is 8.95. The van der Waals surface area contributed by atoms with E-state index in [1.54, 1.807) is 6.20 Å². The summed E-state index contributed by atoms with van der Waals surface area (Å²) >= 11 is 0. The number of nitrogens with one attached hydrogen (secondary N) is 1. The van der Waals surface area contributed by atoms with Crippen molar-refractivity contribution in [1.82, 2.24) is 9.88 Å². The van der Waals surface area contributed by atoms with Gasteiger partial charge in [0.25, 0.3) is 5.91 Å². The SMILES string of the molecule is CCOc1ccc(Nc2ncccc2C(=O)N2CCCCC2C)cc1. The molecule has 0 bridgehead atoms. The summed E-state index contributed by atoms with van der Waals surface area (Å²) in [6, 6.07) is 11.6. The van der Waals surface area contributed by atoms with Crippen molar-refractivity contribution >= 4 is 17.4 Å². The van der Waals surface area contributed by atoms with Crippen molar-refractivity contribution in [2.45, 2.75) is 39.2 Å². The lowest BCUT2D eigenvalue weighted by molar-refractivity contribution is 0.0636. The Morgan fingerprint density at radius 1 is 1.28 bits per heavy atom. The van der Waals surface area contributed by atoms with Gasteiger partial charge in [0.1, 0.15) is 11.6 Å². The smallest absolute Gasteiger partial charge is 0.257 e. The molecule has 1 aliphatic heterocycles. The van der Waals surface area contributed by atoms with Gasteiger partial charge >= 0.3 is 0 Å². The van der Waals surface area contributed by atoms with Crippen LogP contribution >= 0.6 is 0 Å². The fourth-order valence-corrected chi connectivity index (χ4v) is 3.17. The molecule has 0 spiro atoms. The van der Waals surface area contributed by atoms with Crippen LogP contribution in [-0.4, -0.2) is 35.0 Å². The second-order valence-corrected chi connectivity index (χ2v) is 6.33. The first-order chi connectivity index (χ1) is 12.2. The van der Waals surface area contributed by atoms with Gasteiger partial charge in [0.2, 0.25) is 0 Å². The lowest BCUT2D eigenvalue weighted by Crippen LogP contribution is -2.42. The summed E-state index contributed by atoms with van der Waals surface area (Å²) in [6.45, 7) is 5.53. The topological polar surface area (TPSA) is 54.5 Å². The first-order valence-electron chi connectivity index (χ1n) is 8.95. The minimum Gasteiger partial charge on any atom is -0.494 e. The second kappa shape index (κ2) is 8.01. The summed E-state index contributed by atoms with van der Waals surface area (Å²) in [5.41, 5.74) is 1.49. The van der Waals surface area contributed by atoms with E-state index in [4.69, 9.17) is 4.74 Å². The third-order valence-corrected chi connectivity index (χ3v) is 4.53. The van der Waals surface area contributed by atoms with Gasteiger partial charge in [0.05, 0.1) is 12.2 Å². The molecule has 1 unspecified atom stereocenters. The number of likely N-dealkylation sites (tertiary alicyclic amines) is 1. The highest BCUT2D eigenvalue weighted by Gasteiger charge is 2.26. The largest absolute Gasteiger partial charge is 0.494 e. The van der Waals surface area contributed by atoms with Crippen LogP contribution < -0.4 is 10.1 Å². The predicted molar refractivity (Wildman–Crippen MR) is 99.5 cm³/mol. The standard InChI is InChI=1S/C20H25N3O2/c1-3-25-17-11-9-16(10-12-17)22-19-18(8-6-13-21-19)20(24)23-14-5-4-7-15(23)2/h6,8-13,15H,3-5,7,14H2,1-2H3,(H,21,22). The average molecular weight is 339 g/mol. The van der Waals surface area contributed by atoms with Gasteiger partial charge in [-0.15, -0.1) is 0 Å². The number of ether oxygens (including phenoxy) is 1. The minimum atomic E-state index is 0.0498. The van der Waals surface area contributed by atoms with Crippen LogP contribution in [0.3, 0.4) is 0 Å². The summed E-state index contributed by atoms with van der Waals surface area (Å²) in [7, 11) is 0. The van der Waals surface area contributed by atoms with Crippen LogP contribution in [0.15, 0.2) is 42.6 Å². The van der Waals surface area contributed by atoms with E-state index in [1.807, 2.05) is 48.2 Å². The van der Waals surface area contributed by atoms with Gasteiger partial charge in [-0.2, -0.15) is 0 Å². The lowest BCUT2D eigenvalue weighted by atomic mass is 10.0. The van der Waals surface area contributed by atoms with Gasteiger partial charge in [-0.25, -0.2) is 4.98 Å². The van der Waals surface area contributed by atoms with Crippen LogP contribution in [0.25, 0.3) is 0 Å². The van der Waals surface area contributed by atoms with Crippen molar-refractivity contribution in [3.63, 3.8) is 0 Å². The molecule has 1 atom stereocenters. The summed E-state index contributed by atoms with van der Waals surface area (Å²) in [6.07, 6.45) is 5.02. The first kappa shape index (κ1) is 17.3. The van der Waals surface area contributed by atoms with Crippen LogP contribution in [0.2, 0.25) is 0 Å². The number of aromatic nitrogens is 1. The Hall–Kier alpha value is -2.56. The fraction of sp³-hybridized carbons (Fsp3) is 0.400. The quantitative estimate of drug-likeness (QED) is 0.885. The molecule has 1 N–H and O–H groups in total. The molecule has 1 aromatic heterocycles. The monoisotopic (exact) mass is 339 g/mol. The number of hydrogen-bond acceptors (Lipinski definition) is 4. The molecule has 132 valence electrons. The Balaban J connectivity index is 1.79. The van der Waals surface area contributed by atoms with Crippen molar-refractivity contribution in [2.24, 2.45) is 0 Å². The molecule has 0 saturated carbocycles. The lowest BCUT2D eigenvalue weighted by Gasteiger charge is -2.33. The summed E-state index contributed by atoms with van der Waals surface area (Å²) in [5.74, 6) is 1.47. The molecule has 1 fully saturated rings. The maximum absolute atomic E-state index is 13.0. The van der Waals surface area contributed by atoms with Gasteiger partial charge in [-0.3, -0.25) is 4.79 Å². The van der Waals surface area contributed by atoms with Gasteiger partial charge in [-0.05, 0) is 69.5 Å². The van der Waals surface area contributed by atoms with E-state index >= 15 is 0 Å². The molecule has 2 aromatic rings. The number of piperidine rings is 1. The van der Waals surface area contributed by atoms with E-state index in [0.29, 0.717) is 18.0 Å². The number of amides is 1. The van der Waals surface area contributed by atoms with E-state index < -0.39 is 0 Å². The van der Waals surface area contributed by atoms with Crippen molar-refractivity contribution in [3.05, 3.63) is 48.2 Å². The fourth-order valence-electron chi connectivity index (χ4n) is 3.17. The van der Waals surface area contributed by atoms with Crippen LogP contribution in [0.5, 0.6) is 5.75 Å². The third kappa shape index (κ3) is 4.10. The van der Waals surface area contributed by atoms with Gasteiger partial charge < -0.3 is 15.0 Å². The third-order valence-electron chi connectivity index (χ3n) is 4.53. The molecular formula is C20H25N3O2. The van der Waals surface area contributed by atoms with Gasteiger partial charge in [-0.1, -0.05) is 0 Å². The maximum atomic E-state index is 13.0. The number of pyridine rings is 1. The molecule has 1 aromatic carbocycles. The number of benzene rings is 1. The zero-order chi connectivity index (χ0) is 17.6. The Kier molecular flexibility index (Phi) is 5.53. The normalized spacial score (nSPS) is 17.2. The summed E-state index contributed by atoms with van der Waals surface area (Å²) in [5, 5.41) is 3.26. The van der Waals surface area contributed by atoms with Crippen LogP contribution in [-0.2, 0) is 0 Å². The van der Waals surface area contributed by atoms with E-state index in [2.05, 4.69) is 17.2 Å². The maximum Gasteiger partial charge on any atom is 0.257 e. The van der Waals surface area contributed by atoms with E-state index in [0.717, 1.165) is 30.8 Å². The molecule has 1 aliphatic rings. The van der Waals surface area contributed by atoms with Crippen LogP contribution in [0, 0.1) is 0 Å². The number of anilines is 2. The average Bonchev–Trinajstić information content (AvgIpc) is 2.64. The molecule has 25 heavy (non-hydrogen) atoms. The molecule has 5 nitrogen and oxygen atoms in total. The number of hydrogen-bond donors (Lipinski definition) is 1. The molecule has 1 amide bonds.